The van der Waals surface area contributed by atoms with Crippen molar-refractivity contribution in [3.63, 3.8) is 0 Å². The average Bonchev–Trinajstić information content (AvgIpc) is 2.85. The van der Waals surface area contributed by atoms with E-state index in [0.29, 0.717) is 22.4 Å². The zero-order valence-electron chi connectivity index (χ0n) is 18.2. The van der Waals surface area contributed by atoms with Crippen molar-refractivity contribution in [3.05, 3.63) is 102 Å². The summed E-state index contributed by atoms with van der Waals surface area (Å²) in [5.74, 6) is -0.543. The first-order valence-corrected chi connectivity index (χ1v) is 11.1. The molecular weight excluding hydrogens is 400 g/mol. The largest absolute Gasteiger partial charge is 0.372 e. The lowest BCUT2D eigenvalue weighted by Crippen LogP contribution is -2.42. The van der Waals surface area contributed by atoms with Gasteiger partial charge in [0, 0.05) is 23.8 Å². The van der Waals surface area contributed by atoms with Crippen LogP contribution in [-0.2, 0) is 10.4 Å². The number of likely N-dealkylation sites (tertiary alicyclic amines) is 1. The highest BCUT2D eigenvalue weighted by atomic mass is 16.3. The molecule has 1 heterocycles. The second-order valence-electron chi connectivity index (χ2n) is 8.32. The summed E-state index contributed by atoms with van der Waals surface area (Å²) in [4.78, 5) is 28.1. The number of amides is 2. The first-order chi connectivity index (χ1) is 15.5. The minimum atomic E-state index is -1.85. The number of anilines is 1. The van der Waals surface area contributed by atoms with Crippen LogP contribution in [0.2, 0.25) is 0 Å². The van der Waals surface area contributed by atoms with Gasteiger partial charge in [0.2, 0.25) is 0 Å². The van der Waals surface area contributed by atoms with E-state index in [4.69, 9.17) is 0 Å². The van der Waals surface area contributed by atoms with Crippen molar-refractivity contribution in [2.75, 3.05) is 11.9 Å². The van der Waals surface area contributed by atoms with E-state index in [1.807, 2.05) is 17.0 Å². The number of nitrogens with zero attached hydrogens (tertiary/aromatic N) is 1. The van der Waals surface area contributed by atoms with E-state index >= 15 is 0 Å². The summed E-state index contributed by atoms with van der Waals surface area (Å²) >= 11 is 0. The Morgan fingerprint density at radius 3 is 1.97 bits per heavy atom. The van der Waals surface area contributed by atoms with Gasteiger partial charge in [-0.2, -0.15) is 0 Å². The number of hydrogen-bond donors (Lipinski definition) is 2. The molecule has 32 heavy (non-hydrogen) atoms. The van der Waals surface area contributed by atoms with Gasteiger partial charge in [0.05, 0.1) is 0 Å². The van der Waals surface area contributed by atoms with Gasteiger partial charge < -0.3 is 15.3 Å². The van der Waals surface area contributed by atoms with Gasteiger partial charge in [0.25, 0.3) is 11.8 Å². The van der Waals surface area contributed by atoms with Crippen LogP contribution in [0.3, 0.4) is 0 Å². The minimum Gasteiger partial charge on any atom is -0.372 e. The van der Waals surface area contributed by atoms with Crippen LogP contribution < -0.4 is 5.32 Å². The molecule has 0 unspecified atom stereocenters. The molecular formula is C27H28N2O3. The number of benzene rings is 3. The van der Waals surface area contributed by atoms with Crippen molar-refractivity contribution in [2.24, 2.45) is 0 Å². The van der Waals surface area contributed by atoms with Crippen molar-refractivity contribution in [2.45, 2.75) is 37.8 Å². The van der Waals surface area contributed by atoms with Gasteiger partial charge in [-0.15, -0.1) is 0 Å². The van der Waals surface area contributed by atoms with E-state index in [9.17, 15) is 14.7 Å². The molecule has 164 valence electrons. The van der Waals surface area contributed by atoms with Gasteiger partial charge in [-0.3, -0.25) is 9.59 Å². The molecule has 4 rings (SSSR count). The molecule has 0 spiro atoms. The maximum atomic E-state index is 13.3. The molecule has 0 saturated carbocycles. The van der Waals surface area contributed by atoms with Crippen LogP contribution in [0.15, 0.2) is 84.9 Å². The zero-order chi connectivity index (χ0) is 22.6. The zero-order valence-corrected chi connectivity index (χ0v) is 18.2. The van der Waals surface area contributed by atoms with Gasteiger partial charge in [-0.25, -0.2) is 0 Å². The molecule has 1 fully saturated rings. The predicted molar refractivity (Wildman–Crippen MR) is 125 cm³/mol. The monoisotopic (exact) mass is 428 g/mol. The summed E-state index contributed by atoms with van der Waals surface area (Å²) in [7, 11) is 0. The molecule has 0 aromatic heterocycles. The van der Waals surface area contributed by atoms with Crippen LogP contribution >= 0.6 is 0 Å². The molecule has 3 aromatic carbocycles. The molecule has 1 saturated heterocycles. The molecule has 0 aliphatic carbocycles. The van der Waals surface area contributed by atoms with Gasteiger partial charge in [0.1, 0.15) is 0 Å². The molecule has 0 bridgehead atoms. The lowest BCUT2D eigenvalue weighted by atomic mass is 9.85. The number of hydrogen-bond acceptors (Lipinski definition) is 3. The lowest BCUT2D eigenvalue weighted by molar-refractivity contribution is -0.131. The molecule has 2 N–H and O–H groups in total. The Balaban J connectivity index is 1.56. The van der Waals surface area contributed by atoms with Crippen molar-refractivity contribution in [1.29, 1.82) is 0 Å². The molecule has 1 atom stereocenters. The second-order valence-corrected chi connectivity index (χ2v) is 8.32. The molecule has 0 radical (unpaired) electrons. The summed E-state index contributed by atoms with van der Waals surface area (Å²) in [6.45, 7) is 2.86. The third-order valence-corrected chi connectivity index (χ3v) is 6.17. The normalized spacial score (nSPS) is 16.4. The Morgan fingerprint density at radius 2 is 1.44 bits per heavy atom. The number of piperidine rings is 1. The highest BCUT2D eigenvalue weighted by molar-refractivity contribution is 6.01. The molecule has 3 aromatic rings. The van der Waals surface area contributed by atoms with E-state index in [2.05, 4.69) is 12.2 Å². The van der Waals surface area contributed by atoms with Crippen LogP contribution in [0.25, 0.3) is 0 Å². The summed E-state index contributed by atoms with van der Waals surface area (Å²) in [5, 5.41) is 14.4. The fourth-order valence-electron chi connectivity index (χ4n) is 4.27. The fraction of sp³-hybridized carbons (Fsp3) is 0.259. The Kier molecular flexibility index (Phi) is 6.37. The van der Waals surface area contributed by atoms with Gasteiger partial charge in [0.15, 0.2) is 5.60 Å². The van der Waals surface area contributed by atoms with Crippen LogP contribution in [0.4, 0.5) is 5.69 Å². The number of rotatable bonds is 5. The summed E-state index contributed by atoms with van der Waals surface area (Å²) in [5.41, 5.74) is 0.228. The second kappa shape index (κ2) is 9.37. The van der Waals surface area contributed by atoms with Crippen molar-refractivity contribution >= 4 is 17.5 Å². The number of nitrogens with one attached hydrogen (secondary N) is 1. The molecule has 1 aliphatic rings. The first kappa shape index (κ1) is 21.8. The summed E-state index contributed by atoms with van der Waals surface area (Å²) < 4.78 is 0. The van der Waals surface area contributed by atoms with E-state index in [1.165, 1.54) is 0 Å². The molecule has 5 nitrogen and oxygen atoms in total. The van der Waals surface area contributed by atoms with E-state index in [1.54, 1.807) is 72.8 Å². The third-order valence-electron chi connectivity index (χ3n) is 6.17. The first-order valence-electron chi connectivity index (χ1n) is 11.1. The number of carbonyl (C=O) groups is 2. The Hall–Kier alpha value is -3.44. The van der Waals surface area contributed by atoms with Crippen LogP contribution in [0.1, 0.15) is 47.7 Å². The average molecular weight is 429 g/mol. The predicted octanol–water partition coefficient (Wildman–Crippen LogP) is 4.58. The van der Waals surface area contributed by atoms with Gasteiger partial charge in [-0.1, -0.05) is 60.7 Å². The smallest absolute Gasteiger partial charge is 0.265 e. The fourth-order valence-corrected chi connectivity index (χ4v) is 4.27. The van der Waals surface area contributed by atoms with Gasteiger partial charge >= 0.3 is 0 Å². The molecule has 2 amide bonds. The van der Waals surface area contributed by atoms with Crippen molar-refractivity contribution in [1.82, 2.24) is 4.90 Å². The SMILES string of the molecule is C[C@H]1CCCCN1C(=O)c1ccc(NC(=O)C(O)(c2ccccc2)c2ccccc2)cc1. The molecule has 5 heteroatoms. The highest BCUT2D eigenvalue weighted by Crippen LogP contribution is 2.31. The quantitative estimate of drug-likeness (QED) is 0.625. The summed E-state index contributed by atoms with van der Waals surface area (Å²) in [6, 6.07) is 24.9. The Morgan fingerprint density at radius 1 is 0.875 bits per heavy atom. The maximum absolute atomic E-state index is 13.3. The van der Waals surface area contributed by atoms with Crippen LogP contribution in [-0.4, -0.2) is 34.4 Å². The third kappa shape index (κ3) is 4.30. The standard InChI is InChI=1S/C27H28N2O3/c1-20-10-8-9-19-29(20)25(30)21-15-17-24(18-16-21)28-26(31)27(32,22-11-4-2-5-12-22)23-13-6-3-7-14-23/h2-7,11-18,20,32H,8-10,19H2,1H3,(H,28,31)/t20-/m0/s1. The van der Waals surface area contributed by atoms with Gasteiger partial charge in [-0.05, 0) is 61.6 Å². The Bertz CT molecular complexity index is 1030. The van der Waals surface area contributed by atoms with Crippen LogP contribution in [0.5, 0.6) is 0 Å². The Labute approximate surface area is 188 Å². The van der Waals surface area contributed by atoms with Crippen molar-refractivity contribution in [3.8, 4) is 0 Å². The lowest BCUT2D eigenvalue weighted by Gasteiger charge is -2.33. The number of carbonyl (C=O) groups excluding carboxylic acids is 2. The minimum absolute atomic E-state index is 0.0140. The van der Waals surface area contributed by atoms with Crippen molar-refractivity contribution < 1.29 is 14.7 Å². The highest BCUT2D eigenvalue weighted by Gasteiger charge is 2.39. The van der Waals surface area contributed by atoms with Crippen LogP contribution in [0, 0.1) is 0 Å². The van der Waals surface area contributed by atoms with E-state index in [-0.39, 0.29) is 11.9 Å². The van der Waals surface area contributed by atoms with E-state index < -0.39 is 11.5 Å². The maximum Gasteiger partial charge on any atom is 0.265 e. The topological polar surface area (TPSA) is 69.6 Å². The summed E-state index contributed by atoms with van der Waals surface area (Å²) in [6.07, 6.45) is 3.21. The molecule has 1 aliphatic heterocycles. The number of aliphatic hydroxyl groups is 1. The van der Waals surface area contributed by atoms with E-state index in [0.717, 1.165) is 25.8 Å².